The summed E-state index contributed by atoms with van der Waals surface area (Å²) in [6, 6.07) is 30.0. The smallest absolute Gasteiger partial charge is 0.369 e. The lowest BCUT2D eigenvalue weighted by atomic mass is 10.3. The van der Waals surface area contributed by atoms with Gasteiger partial charge in [-0.15, -0.1) is 0 Å². The zero-order valence-electron chi connectivity index (χ0n) is 14.8. The van der Waals surface area contributed by atoms with E-state index >= 15 is 0 Å². The van der Waals surface area contributed by atoms with Crippen molar-refractivity contribution in [1.82, 2.24) is 0 Å². The van der Waals surface area contributed by atoms with Crippen LogP contribution in [0.2, 0.25) is 6.55 Å². The molecular weight excluding hydrogens is 343 g/mol. The van der Waals surface area contributed by atoms with E-state index in [2.05, 4.69) is 91.5 Å². The van der Waals surface area contributed by atoms with Gasteiger partial charge in [0.05, 0.1) is 0 Å². The first-order valence-corrected chi connectivity index (χ1v) is 12.0. The normalized spacial score (nSPS) is 11.7. The van der Waals surface area contributed by atoms with E-state index in [-0.39, 0.29) is 0 Å². The van der Waals surface area contributed by atoms with Crippen molar-refractivity contribution in [3.05, 3.63) is 84.9 Å². The van der Waals surface area contributed by atoms with E-state index < -0.39 is 16.5 Å². The highest BCUT2D eigenvalue weighted by Gasteiger charge is 2.36. The maximum absolute atomic E-state index is 5.86. The first-order chi connectivity index (χ1) is 12.2. The summed E-state index contributed by atoms with van der Waals surface area (Å²) in [4.78, 5) is 0. The third-order valence-electron chi connectivity index (χ3n) is 4.44. The molecule has 0 aromatic heterocycles. The molecule has 0 atom stereocenters. The minimum Gasteiger partial charge on any atom is -0.394 e. The van der Waals surface area contributed by atoms with Crippen molar-refractivity contribution >= 4 is 37.6 Å². The lowest BCUT2D eigenvalue weighted by Gasteiger charge is -2.29. The molecule has 4 heteroatoms. The predicted molar refractivity (Wildman–Crippen MR) is 110 cm³/mol. The van der Waals surface area contributed by atoms with E-state index in [1.54, 1.807) is 14.2 Å². The Morgan fingerprint density at radius 1 is 0.640 bits per heavy atom. The van der Waals surface area contributed by atoms with Gasteiger partial charge in [0.25, 0.3) is 0 Å². The summed E-state index contributed by atoms with van der Waals surface area (Å²) in [5.41, 5.74) is 0. The standard InChI is InChI=1S/C21H23O2PSi/c1-22-25(3,23-2)21-17-11-10-16-20(21)24(18-12-6-4-7-13-18)19-14-8-5-9-15-19/h4-17H,1-3H3. The first-order valence-electron chi connectivity index (χ1n) is 8.29. The highest BCUT2D eigenvalue weighted by Crippen LogP contribution is 2.32. The first kappa shape index (κ1) is 18.0. The fourth-order valence-corrected chi connectivity index (χ4v) is 7.78. The van der Waals surface area contributed by atoms with Gasteiger partial charge in [0.15, 0.2) is 0 Å². The molecule has 0 spiro atoms. The Morgan fingerprint density at radius 3 is 1.56 bits per heavy atom. The molecule has 0 unspecified atom stereocenters. The molecule has 0 amide bonds. The second kappa shape index (κ2) is 8.07. The van der Waals surface area contributed by atoms with Gasteiger partial charge in [-0.25, -0.2) is 0 Å². The summed E-state index contributed by atoms with van der Waals surface area (Å²) in [5.74, 6) is 0. The Labute approximate surface area is 152 Å². The van der Waals surface area contributed by atoms with E-state index in [1.807, 2.05) is 0 Å². The van der Waals surface area contributed by atoms with Gasteiger partial charge in [-0.1, -0.05) is 84.9 Å². The zero-order chi connectivity index (χ0) is 17.7. The van der Waals surface area contributed by atoms with Gasteiger partial charge in [-0.05, 0) is 30.4 Å². The molecule has 0 saturated carbocycles. The van der Waals surface area contributed by atoms with Gasteiger partial charge in [0.1, 0.15) is 0 Å². The molecule has 0 saturated heterocycles. The quantitative estimate of drug-likeness (QED) is 0.493. The number of hydrogen-bond acceptors (Lipinski definition) is 2. The van der Waals surface area contributed by atoms with Crippen LogP contribution < -0.4 is 21.1 Å². The van der Waals surface area contributed by atoms with Crippen LogP contribution in [-0.2, 0) is 8.85 Å². The molecular formula is C21H23O2PSi. The fourth-order valence-electron chi connectivity index (χ4n) is 2.94. The second-order valence-electron chi connectivity index (χ2n) is 5.88. The second-order valence-corrected chi connectivity index (χ2v) is 11.3. The molecule has 0 bridgehead atoms. The van der Waals surface area contributed by atoms with Crippen LogP contribution in [0.1, 0.15) is 0 Å². The summed E-state index contributed by atoms with van der Waals surface area (Å²) in [7, 11) is 0.401. The molecule has 0 fully saturated rings. The van der Waals surface area contributed by atoms with Crippen molar-refractivity contribution in [2.45, 2.75) is 6.55 Å². The van der Waals surface area contributed by atoms with Crippen LogP contribution >= 0.6 is 7.92 Å². The van der Waals surface area contributed by atoms with E-state index in [4.69, 9.17) is 8.85 Å². The summed E-state index contributed by atoms with van der Waals surface area (Å²) >= 11 is 0. The number of benzene rings is 3. The minimum absolute atomic E-state index is 0.668. The van der Waals surface area contributed by atoms with E-state index in [9.17, 15) is 0 Å². The largest absolute Gasteiger partial charge is 0.394 e. The molecule has 25 heavy (non-hydrogen) atoms. The molecule has 0 aliphatic carbocycles. The van der Waals surface area contributed by atoms with Crippen LogP contribution in [0.4, 0.5) is 0 Å². The van der Waals surface area contributed by atoms with Crippen LogP contribution in [0.5, 0.6) is 0 Å². The van der Waals surface area contributed by atoms with Crippen molar-refractivity contribution in [1.29, 1.82) is 0 Å². The average Bonchev–Trinajstić information content (AvgIpc) is 2.70. The van der Waals surface area contributed by atoms with Gasteiger partial charge in [-0.3, -0.25) is 0 Å². The maximum Gasteiger partial charge on any atom is 0.369 e. The SMILES string of the molecule is CO[Si](C)(OC)c1ccccc1P(c1ccccc1)c1ccccc1. The predicted octanol–water partition coefficient (Wildman–Crippen LogP) is 3.02. The van der Waals surface area contributed by atoms with Crippen molar-refractivity contribution in [3.63, 3.8) is 0 Å². The molecule has 0 radical (unpaired) electrons. The molecule has 0 aliphatic heterocycles. The summed E-state index contributed by atoms with van der Waals surface area (Å²) in [5, 5.41) is 5.19. The monoisotopic (exact) mass is 366 g/mol. The molecule has 3 aromatic rings. The lowest BCUT2D eigenvalue weighted by molar-refractivity contribution is 0.265. The zero-order valence-corrected chi connectivity index (χ0v) is 16.7. The Morgan fingerprint density at radius 2 is 1.08 bits per heavy atom. The lowest BCUT2D eigenvalue weighted by Crippen LogP contribution is -2.55. The molecule has 128 valence electrons. The Balaban J connectivity index is 2.22. The van der Waals surface area contributed by atoms with Crippen LogP contribution in [0.3, 0.4) is 0 Å². The highest BCUT2D eigenvalue weighted by atomic mass is 31.1. The third kappa shape index (κ3) is 3.75. The van der Waals surface area contributed by atoms with E-state index in [1.165, 1.54) is 21.1 Å². The molecule has 0 aliphatic rings. The van der Waals surface area contributed by atoms with Crippen molar-refractivity contribution in [2.24, 2.45) is 0 Å². The van der Waals surface area contributed by atoms with Gasteiger partial charge in [0, 0.05) is 19.4 Å². The maximum atomic E-state index is 5.86. The van der Waals surface area contributed by atoms with Crippen molar-refractivity contribution in [2.75, 3.05) is 14.2 Å². The van der Waals surface area contributed by atoms with Crippen LogP contribution in [0, 0.1) is 0 Å². The van der Waals surface area contributed by atoms with Crippen LogP contribution in [0.25, 0.3) is 0 Å². The molecule has 2 nitrogen and oxygen atoms in total. The van der Waals surface area contributed by atoms with Gasteiger partial charge in [0.2, 0.25) is 0 Å². The number of hydrogen-bond donors (Lipinski definition) is 0. The summed E-state index contributed by atoms with van der Waals surface area (Å²) in [6.45, 7) is 2.11. The molecule has 3 aromatic carbocycles. The van der Waals surface area contributed by atoms with Gasteiger partial charge in [-0.2, -0.15) is 0 Å². The van der Waals surface area contributed by atoms with E-state index in [0.717, 1.165) is 0 Å². The molecule has 0 N–H and O–H groups in total. The van der Waals surface area contributed by atoms with Gasteiger partial charge >= 0.3 is 8.56 Å². The number of rotatable bonds is 6. The van der Waals surface area contributed by atoms with Crippen molar-refractivity contribution in [3.8, 4) is 0 Å². The topological polar surface area (TPSA) is 18.5 Å². The van der Waals surface area contributed by atoms with Crippen LogP contribution in [0.15, 0.2) is 84.9 Å². The van der Waals surface area contributed by atoms with E-state index in [0.29, 0.717) is 0 Å². The summed E-state index contributed by atoms with van der Waals surface area (Å²) < 4.78 is 11.7. The minimum atomic E-state index is -2.43. The Kier molecular flexibility index (Phi) is 5.82. The van der Waals surface area contributed by atoms with Crippen LogP contribution in [-0.4, -0.2) is 22.8 Å². The summed E-state index contributed by atoms with van der Waals surface area (Å²) in [6.07, 6.45) is 0. The fraction of sp³-hybridized carbons (Fsp3) is 0.143. The molecule has 0 heterocycles. The Hall–Kier alpha value is -1.77. The third-order valence-corrected chi connectivity index (χ3v) is 10.1. The average molecular weight is 366 g/mol. The van der Waals surface area contributed by atoms with Crippen molar-refractivity contribution < 1.29 is 8.85 Å². The van der Waals surface area contributed by atoms with Gasteiger partial charge < -0.3 is 8.85 Å². The highest BCUT2D eigenvalue weighted by molar-refractivity contribution is 7.80. The molecule has 3 rings (SSSR count). The Bertz CT molecular complexity index is 765.